The third-order valence-electron chi connectivity index (χ3n) is 2.10. The Balaban J connectivity index is 2.75. The molecule has 86 valence electrons. The Morgan fingerprint density at radius 3 is 2.62 bits per heavy atom. The second-order valence-electron chi connectivity index (χ2n) is 3.11. The summed E-state index contributed by atoms with van der Waals surface area (Å²) in [5, 5.41) is 2.68. The lowest BCUT2D eigenvalue weighted by Crippen LogP contribution is -2.19. The van der Waals surface area contributed by atoms with Crippen LogP contribution in [0.15, 0.2) is 30.9 Å². The van der Waals surface area contributed by atoms with Crippen LogP contribution in [0.2, 0.25) is 0 Å². The van der Waals surface area contributed by atoms with Crippen molar-refractivity contribution in [1.29, 1.82) is 0 Å². The molecule has 0 saturated heterocycles. The molecule has 1 rings (SSSR count). The van der Waals surface area contributed by atoms with Crippen molar-refractivity contribution in [3.05, 3.63) is 36.4 Å². The lowest BCUT2D eigenvalue weighted by molar-refractivity contribution is -0.116. The molecule has 1 aromatic rings. The average molecular weight is 221 g/mol. The molecule has 0 radical (unpaired) electrons. The van der Waals surface area contributed by atoms with E-state index >= 15 is 0 Å². The summed E-state index contributed by atoms with van der Waals surface area (Å²) >= 11 is 0. The highest BCUT2D eigenvalue weighted by Gasteiger charge is 2.04. The van der Waals surface area contributed by atoms with E-state index < -0.39 is 0 Å². The molecule has 0 heterocycles. The summed E-state index contributed by atoms with van der Waals surface area (Å²) in [6.07, 6.45) is 1.24. The van der Waals surface area contributed by atoms with Crippen LogP contribution in [0.1, 0.15) is 5.56 Å². The first-order valence-corrected chi connectivity index (χ1v) is 4.82. The third-order valence-corrected chi connectivity index (χ3v) is 2.10. The average Bonchev–Trinajstić information content (AvgIpc) is 2.35. The number of carbonyl (C=O) groups is 1. The quantitative estimate of drug-likeness (QED) is 0.766. The Labute approximate surface area is 94.9 Å². The fraction of sp³-hybridized carbons (Fsp3) is 0.250. The predicted molar refractivity (Wildman–Crippen MR) is 61.6 cm³/mol. The third kappa shape index (κ3) is 3.02. The van der Waals surface area contributed by atoms with Crippen LogP contribution in [0.25, 0.3) is 0 Å². The van der Waals surface area contributed by atoms with E-state index in [1.165, 1.54) is 6.08 Å². The van der Waals surface area contributed by atoms with E-state index in [1.54, 1.807) is 20.3 Å². The Bertz CT molecular complexity index is 388. The Morgan fingerprint density at radius 1 is 1.38 bits per heavy atom. The van der Waals surface area contributed by atoms with E-state index in [-0.39, 0.29) is 5.91 Å². The van der Waals surface area contributed by atoms with Crippen LogP contribution in [0.4, 0.5) is 0 Å². The molecule has 0 aliphatic heterocycles. The van der Waals surface area contributed by atoms with Crippen molar-refractivity contribution in [2.75, 3.05) is 14.2 Å². The summed E-state index contributed by atoms with van der Waals surface area (Å²) in [6.45, 7) is 3.81. The monoisotopic (exact) mass is 221 g/mol. The Morgan fingerprint density at radius 2 is 2.06 bits per heavy atom. The number of hydrogen-bond acceptors (Lipinski definition) is 3. The van der Waals surface area contributed by atoms with Crippen LogP contribution >= 0.6 is 0 Å². The fourth-order valence-electron chi connectivity index (χ4n) is 1.25. The van der Waals surface area contributed by atoms with E-state index in [4.69, 9.17) is 9.47 Å². The molecule has 0 spiro atoms. The van der Waals surface area contributed by atoms with Gasteiger partial charge in [0.25, 0.3) is 0 Å². The van der Waals surface area contributed by atoms with Crippen molar-refractivity contribution in [2.45, 2.75) is 6.54 Å². The van der Waals surface area contributed by atoms with Gasteiger partial charge in [-0.2, -0.15) is 0 Å². The minimum atomic E-state index is -0.199. The lowest BCUT2D eigenvalue weighted by Gasteiger charge is -2.09. The van der Waals surface area contributed by atoms with Gasteiger partial charge in [0.2, 0.25) is 5.91 Å². The largest absolute Gasteiger partial charge is 0.493 e. The van der Waals surface area contributed by atoms with E-state index in [9.17, 15) is 4.79 Å². The number of methoxy groups -OCH3 is 2. The van der Waals surface area contributed by atoms with Crippen molar-refractivity contribution in [3.63, 3.8) is 0 Å². The van der Waals surface area contributed by atoms with Gasteiger partial charge in [0, 0.05) is 6.54 Å². The van der Waals surface area contributed by atoms with Crippen molar-refractivity contribution >= 4 is 5.91 Å². The van der Waals surface area contributed by atoms with Gasteiger partial charge in [-0.1, -0.05) is 12.6 Å². The maximum Gasteiger partial charge on any atom is 0.243 e. The van der Waals surface area contributed by atoms with Crippen molar-refractivity contribution in [3.8, 4) is 11.5 Å². The molecule has 0 atom stereocenters. The van der Waals surface area contributed by atoms with Crippen LogP contribution in [0.3, 0.4) is 0 Å². The molecule has 1 amide bonds. The molecule has 0 aromatic heterocycles. The van der Waals surface area contributed by atoms with Gasteiger partial charge in [-0.3, -0.25) is 4.79 Å². The van der Waals surface area contributed by atoms with Crippen molar-refractivity contribution < 1.29 is 14.3 Å². The zero-order chi connectivity index (χ0) is 12.0. The van der Waals surface area contributed by atoms with Gasteiger partial charge < -0.3 is 14.8 Å². The molecule has 0 aliphatic carbocycles. The second-order valence-corrected chi connectivity index (χ2v) is 3.11. The summed E-state index contributed by atoms with van der Waals surface area (Å²) in [7, 11) is 3.15. The zero-order valence-corrected chi connectivity index (χ0v) is 9.45. The number of nitrogens with one attached hydrogen (secondary N) is 1. The second kappa shape index (κ2) is 5.80. The molecular formula is C12H15NO3. The summed E-state index contributed by atoms with van der Waals surface area (Å²) in [4.78, 5) is 11.0. The topological polar surface area (TPSA) is 47.6 Å². The minimum absolute atomic E-state index is 0.199. The maximum atomic E-state index is 11.0. The highest BCUT2D eigenvalue weighted by molar-refractivity contribution is 5.86. The van der Waals surface area contributed by atoms with Crippen LogP contribution in [-0.2, 0) is 11.3 Å². The minimum Gasteiger partial charge on any atom is -0.493 e. The van der Waals surface area contributed by atoms with Crippen LogP contribution in [0.5, 0.6) is 11.5 Å². The standard InChI is InChI=1S/C12H15NO3/c1-4-12(14)13-8-9-5-6-10(15-2)11(7-9)16-3/h4-7H,1,8H2,2-3H3,(H,13,14). The lowest BCUT2D eigenvalue weighted by atomic mass is 10.2. The number of benzene rings is 1. The summed E-state index contributed by atoms with van der Waals surface area (Å²) in [5.74, 6) is 1.11. The first-order valence-electron chi connectivity index (χ1n) is 4.82. The van der Waals surface area contributed by atoms with Gasteiger partial charge in [0.15, 0.2) is 11.5 Å². The Hall–Kier alpha value is -1.97. The van der Waals surface area contributed by atoms with E-state index in [2.05, 4.69) is 11.9 Å². The van der Waals surface area contributed by atoms with Gasteiger partial charge >= 0.3 is 0 Å². The molecule has 1 aromatic carbocycles. The predicted octanol–water partition coefficient (Wildman–Crippen LogP) is 1.51. The SMILES string of the molecule is C=CC(=O)NCc1ccc(OC)c(OC)c1. The van der Waals surface area contributed by atoms with Gasteiger partial charge in [-0.25, -0.2) is 0 Å². The first-order chi connectivity index (χ1) is 7.71. The molecule has 0 fully saturated rings. The molecule has 16 heavy (non-hydrogen) atoms. The number of hydrogen-bond donors (Lipinski definition) is 1. The van der Waals surface area contributed by atoms with Gasteiger partial charge in [0.1, 0.15) is 0 Å². The van der Waals surface area contributed by atoms with Crippen LogP contribution in [-0.4, -0.2) is 20.1 Å². The number of amides is 1. The van der Waals surface area contributed by atoms with Gasteiger partial charge in [0.05, 0.1) is 14.2 Å². The maximum absolute atomic E-state index is 11.0. The number of carbonyl (C=O) groups excluding carboxylic acids is 1. The molecule has 1 N–H and O–H groups in total. The van der Waals surface area contributed by atoms with Crippen LogP contribution in [0, 0.1) is 0 Å². The highest BCUT2D eigenvalue weighted by atomic mass is 16.5. The molecular weight excluding hydrogens is 206 g/mol. The summed E-state index contributed by atoms with van der Waals surface area (Å²) in [6, 6.07) is 5.49. The zero-order valence-electron chi connectivity index (χ0n) is 9.45. The van der Waals surface area contributed by atoms with Gasteiger partial charge in [-0.15, -0.1) is 0 Å². The van der Waals surface area contributed by atoms with Crippen molar-refractivity contribution in [1.82, 2.24) is 5.32 Å². The molecule has 4 nitrogen and oxygen atoms in total. The normalized spacial score (nSPS) is 9.38. The fourth-order valence-corrected chi connectivity index (χ4v) is 1.25. The van der Waals surface area contributed by atoms with Gasteiger partial charge in [-0.05, 0) is 23.8 Å². The van der Waals surface area contributed by atoms with E-state index in [0.29, 0.717) is 18.0 Å². The molecule has 0 bridgehead atoms. The number of rotatable bonds is 5. The Kier molecular flexibility index (Phi) is 4.39. The summed E-state index contributed by atoms with van der Waals surface area (Å²) in [5.41, 5.74) is 0.938. The molecule has 0 unspecified atom stereocenters. The molecule has 4 heteroatoms. The highest BCUT2D eigenvalue weighted by Crippen LogP contribution is 2.27. The molecule has 0 saturated carbocycles. The summed E-state index contributed by atoms with van der Waals surface area (Å²) < 4.78 is 10.3. The van der Waals surface area contributed by atoms with Crippen molar-refractivity contribution in [2.24, 2.45) is 0 Å². The first kappa shape index (κ1) is 12.1. The smallest absolute Gasteiger partial charge is 0.243 e. The van der Waals surface area contributed by atoms with Crippen LogP contribution < -0.4 is 14.8 Å². The molecule has 0 aliphatic rings. The van der Waals surface area contributed by atoms with E-state index in [0.717, 1.165) is 5.56 Å². The van der Waals surface area contributed by atoms with E-state index in [1.807, 2.05) is 12.1 Å². The number of ether oxygens (including phenoxy) is 2.